The number of aliphatic carboxylic acids is 1. The van der Waals surface area contributed by atoms with Gasteiger partial charge in [0, 0.05) is 6.54 Å². The molecule has 0 aromatic rings. The highest BCUT2D eigenvalue weighted by Crippen LogP contribution is 2.33. The van der Waals surface area contributed by atoms with Gasteiger partial charge in [-0.3, -0.25) is 19.2 Å². The molecule has 5 amide bonds. The number of nitrogens with zero attached hydrogens (tertiary/aromatic N) is 1. The van der Waals surface area contributed by atoms with Crippen molar-refractivity contribution in [3.8, 4) is 0 Å². The van der Waals surface area contributed by atoms with E-state index in [0.717, 1.165) is 0 Å². The summed E-state index contributed by atoms with van der Waals surface area (Å²) >= 11 is 0. The van der Waals surface area contributed by atoms with Crippen LogP contribution in [0.1, 0.15) is 61.3 Å². The SMILES string of the molecule is CC[C@H](C)C(NC(=O)N[C@H](C(=O)N1CC[C@H](C(C)C)[C@H]1C(=O)NCC(=O)C(N)=O)C(C)(C)C)C(=O)O. The fourth-order valence-electron chi connectivity index (χ4n) is 4.27. The first-order chi connectivity index (χ1) is 16.5. The van der Waals surface area contributed by atoms with Crippen LogP contribution in [0.5, 0.6) is 0 Å². The maximum atomic E-state index is 13.7. The van der Waals surface area contributed by atoms with Crippen molar-refractivity contribution in [2.45, 2.75) is 79.4 Å². The van der Waals surface area contributed by atoms with E-state index in [4.69, 9.17) is 5.73 Å². The summed E-state index contributed by atoms with van der Waals surface area (Å²) in [5.41, 5.74) is 4.18. The minimum absolute atomic E-state index is 0.0293. The number of hydrogen-bond acceptors (Lipinski definition) is 6. The number of carbonyl (C=O) groups is 6. The van der Waals surface area contributed by atoms with Gasteiger partial charge in [-0.05, 0) is 29.6 Å². The number of carboxylic acid groups (broad SMARTS) is 1. The summed E-state index contributed by atoms with van der Waals surface area (Å²) in [6.07, 6.45) is 1.06. The molecule has 0 bridgehead atoms. The maximum absolute atomic E-state index is 13.7. The molecule has 1 aliphatic rings. The zero-order chi connectivity index (χ0) is 28.0. The standard InChI is InChI=1S/C24H41N5O7/c1-8-13(4)16(22(34)35)27-23(36)28-18(24(5,6)7)21(33)29-10-9-14(12(2)3)17(29)20(32)26-11-15(30)19(25)31/h12-14,16-18H,8-11H2,1-7H3,(H2,25,31)(H,26,32)(H,34,35)(H2,27,28,36)/t13-,14+,16?,17-,18+/m0/s1. The molecule has 1 unspecified atom stereocenters. The van der Waals surface area contributed by atoms with Gasteiger partial charge in [-0.25, -0.2) is 9.59 Å². The van der Waals surface area contributed by atoms with Gasteiger partial charge in [0.2, 0.25) is 17.6 Å². The lowest BCUT2D eigenvalue weighted by atomic mass is 9.84. The number of likely N-dealkylation sites (tertiary alicyclic amines) is 1. The molecule has 1 rings (SSSR count). The van der Waals surface area contributed by atoms with Crippen molar-refractivity contribution in [1.29, 1.82) is 0 Å². The highest BCUT2D eigenvalue weighted by atomic mass is 16.4. The molecule has 36 heavy (non-hydrogen) atoms. The second-order valence-corrected chi connectivity index (χ2v) is 10.8. The summed E-state index contributed by atoms with van der Waals surface area (Å²) in [5.74, 6) is -4.92. The number of ketones is 1. The Morgan fingerprint density at radius 2 is 1.64 bits per heavy atom. The highest BCUT2D eigenvalue weighted by molar-refractivity contribution is 6.36. The van der Waals surface area contributed by atoms with Crippen LogP contribution in [0.2, 0.25) is 0 Å². The number of primary amides is 1. The molecule has 0 aromatic carbocycles. The fourth-order valence-corrected chi connectivity index (χ4v) is 4.27. The zero-order valence-electron chi connectivity index (χ0n) is 22.2. The first-order valence-electron chi connectivity index (χ1n) is 12.2. The zero-order valence-corrected chi connectivity index (χ0v) is 22.2. The maximum Gasteiger partial charge on any atom is 0.326 e. The van der Waals surface area contributed by atoms with Crippen LogP contribution in [0.25, 0.3) is 0 Å². The van der Waals surface area contributed by atoms with Crippen LogP contribution in [-0.2, 0) is 24.0 Å². The Morgan fingerprint density at radius 1 is 1.06 bits per heavy atom. The van der Waals surface area contributed by atoms with Gasteiger partial charge in [0.05, 0.1) is 6.54 Å². The van der Waals surface area contributed by atoms with Gasteiger partial charge in [0.25, 0.3) is 5.91 Å². The predicted octanol–water partition coefficient (Wildman–Crippen LogP) is 0.243. The second kappa shape index (κ2) is 12.7. The molecule has 1 saturated heterocycles. The van der Waals surface area contributed by atoms with Crippen LogP contribution < -0.4 is 21.7 Å². The minimum atomic E-state index is -1.18. The molecule has 0 aliphatic carbocycles. The third-order valence-electron chi connectivity index (χ3n) is 6.70. The van der Waals surface area contributed by atoms with Crippen molar-refractivity contribution in [1.82, 2.24) is 20.9 Å². The lowest BCUT2D eigenvalue weighted by Gasteiger charge is -2.37. The molecule has 5 atom stereocenters. The van der Waals surface area contributed by atoms with Gasteiger partial charge in [0.15, 0.2) is 0 Å². The smallest absolute Gasteiger partial charge is 0.326 e. The highest BCUT2D eigenvalue weighted by Gasteiger charge is 2.47. The van der Waals surface area contributed by atoms with E-state index in [1.165, 1.54) is 4.90 Å². The molecule has 12 nitrogen and oxygen atoms in total. The van der Waals surface area contributed by atoms with Crippen LogP contribution in [0.3, 0.4) is 0 Å². The molecule has 204 valence electrons. The molecule has 1 heterocycles. The van der Waals surface area contributed by atoms with Crippen molar-refractivity contribution < 1.29 is 33.9 Å². The monoisotopic (exact) mass is 511 g/mol. The Kier molecular flexibility index (Phi) is 10.9. The van der Waals surface area contributed by atoms with Crippen molar-refractivity contribution in [3.63, 3.8) is 0 Å². The van der Waals surface area contributed by atoms with Crippen LogP contribution in [0.15, 0.2) is 0 Å². The average molecular weight is 512 g/mol. The van der Waals surface area contributed by atoms with E-state index >= 15 is 0 Å². The van der Waals surface area contributed by atoms with E-state index in [1.807, 2.05) is 20.8 Å². The molecule has 12 heteroatoms. The molecule has 0 aromatic heterocycles. The Morgan fingerprint density at radius 3 is 2.08 bits per heavy atom. The molecule has 0 saturated carbocycles. The first-order valence-corrected chi connectivity index (χ1v) is 12.2. The van der Waals surface area contributed by atoms with Crippen molar-refractivity contribution in [3.05, 3.63) is 0 Å². The van der Waals surface area contributed by atoms with Gasteiger partial charge < -0.3 is 31.7 Å². The van der Waals surface area contributed by atoms with Crippen molar-refractivity contribution in [2.75, 3.05) is 13.1 Å². The van der Waals surface area contributed by atoms with E-state index < -0.39 is 65.6 Å². The largest absolute Gasteiger partial charge is 0.480 e. The summed E-state index contributed by atoms with van der Waals surface area (Å²) in [4.78, 5) is 75.2. The van der Waals surface area contributed by atoms with E-state index in [0.29, 0.717) is 12.8 Å². The van der Waals surface area contributed by atoms with Gasteiger partial charge in [0.1, 0.15) is 18.1 Å². The normalized spacial score (nSPS) is 20.3. The molecule has 6 N–H and O–H groups in total. The summed E-state index contributed by atoms with van der Waals surface area (Å²) in [6.45, 7) is 12.3. The predicted molar refractivity (Wildman–Crippen MR) is 131 cm³/mol. The van der Waals surface area contributed by atoms with Crippen molar-refractivity contribution in [2.24, 2.45) is 28.9 Å². The van der Waals surface area contributed by atoms with Crippen LogP contribution in [-0.4, -0.2) is 76.7 Å². The number of hydrogen-bond donors (Lipinski definition) is 5. The number of nitrogens with two attached hydrogens (primary N) is 1. The topological polar surface area (TPSA) is 188 Å². The molecule has 0 spiro atoms. The Labute approximate surface area is 212 Å². The minimum Gasteiger partial charge on any atom is -0.480 e. The van der Waals surface area contributed by atoms with E-state index in [9.17, 15) is 33.9 Å². The number of carbonyl (C=O) groups excluding carboxylic acids is 5. The van der Waals surface area contributed by atoms with Gasteiger partial charge in [-0.1, -0.05) is 54.9 Å². The number of rotatable bonds is 11. The second-order valence-electron chi connectivity index (χ2n) is 10.8. The number of amides is 5. The number of Topliss-reactive ketones (excluding diaryl/α,β-unsaturated/α-hetero) is 1. The van der Waals surface area contributed by atoms with E-state index in [2.05, 4.69) is 16.0 Å². The number of carboxylic acids is 1. The first kappa shape index (κ1) is 30.9. The van der Waals surface area contributed by atoms with Gasteiger partial charge in [-0.2, -0.15) is 0 Å². The fraction of sp³-hybridized carbons (Fsp3) is 0.750. The third-order valence-corrected chi connectivity index (χ3v) is 6.70. The third kappa shape index (κ3) is 7.92. The Bertz CT molecular complexity index is 867. The molecular formula is C24H41N5O7. The lowest BCUT2D eigenvalue weighted by molar-refractivity contribution is -0.143. The summed E-state index contributed by atoms with van der Waals surface area (Å²) in [6, 6.07) is -3.93. The Balaban J connectivity index is 3.17. The molecular weight excluding hydrogens is 470 g/mol. The van der Waals surface area contributed by atoms with E-state index in [1.54, 1.807) is 27.7 Å². The number of urea groups is 1. The number of nitrogens with one attached hydrogen (secondary N) is 3. The van der Waals surface area contributed by atoms with Crippen LogP contribution in [0.4, 0.5) is 4.79 Å². The summed E-state index contributed by atoms with van der Waals surface area (Å²) < 4.78 is 0. The summed E-state index contributed by atoms with van der Waals surface area (Å²) in [7, 11) is 0. The van der Waals surface area contributed by atoms with Gasteiger partial charge in [-0.15, -0.1) is 0 Å². The van der Waals surface area contributed by atoms with E-state index in [-0.39, 0.29) is 24.3 Å². The molecule has 1 fully saturated rings. The Hall–Kier alpha value is -3.18. The molecule has 1 aliphatic heterocycles. The quantitative estimate of drug-likeness (QED) is 0.246. The summed E-state index contributed by atoms with van der Waals surface area (Å²) in [5, 5.41) is 16.9. The van der Waals surface area contributed by atoms with Crippen LogP contribution >= 0.6 is 0 Å². The van der Waals surface area contributed by atoms with Gasteiger partial charge >= 0.3 is 12.0 Å². The average Bonchev–Trinajstić information content (AvgIpc) is 3.22. The van der Waals surface area contributed by atoms with Crippen LogP contribution in [0, 0.1) is 23.2 Å². The lowest BCUT2D eigenvalue weighted by Crippen LogP contribution is -2.61. The van der Waals surface area contributed by atoms with Crippen molar-refractivity contribution >= 4 is 35.5 Å². The molecule has 0 radical (unpaired) electrons.